The van der Waals surface area contributed by atoms with Gasteiger partial charge in [-0.15, -0.1) is 0 Å². The van der Waals surface area contributed by atoms with Crippen molar-refractivity contribution in [3.8, 4) is 41.3 Å². The van der Waals surface area contributed by atoms with Crippen LogP contribution in [-0.4, -0.2) is 161 Å². The number of nitrogens with two attached hydrogens (primary N) is 3. The number of carbonyl (C=O) groups excluding carboxylic acids is 3. The second-order valence-electron chi connectivity index (χ2n) is 29.1. The van der Waals surface area contributed by atoms with Crippen molar-refractivity contribution >= 4 is 79.1 Å². The third-order valence-electron chi connectivity index (χ3n) is 20.2. The first kappa shape index (κ1) is 84.1. The van der Waals surface area contributed by atoms with E-state index in [-0.39, 0.29) is 52.6 Å². The van der Waals surface area contributed by atoms with E-state index in [0.29, 0.717) is 95.6 Å². The number of likely N-dealkylation sites (N-methyl/N-ethyl adjacent to an activating group) is 3. The molecule has 2 saturated heterocycles. The van der Waals surface area contributed by atoms with Gasteiger partial charge in [-0.05, 0) is 179 Å². The van der Waals surface area contributed by atoms with Crippen molar-refractivity contribution in [2.45, 2.75) is 52.8 Å². The summed E-state index contributed by atoms with van der Waals surface area (Å²) in [5, 5.41) is 11.5. The van der Waals surface area contributed by atoms with E-state index >= 15 is 0 Å². The molecule has 118 heavy (non-hydrogen) atoms. The fourth-order valence-corrected chi connectivity index (χ4v) is 13.1. The van der Waals surface area contributed by atoms with E-state index in [1.165, 1.54) is 24.3 Å². The summed E-state index contributed by atoms with van der Waals surface area (Å²) in [5.41, 5.74) is 26.9. The van der Waals surface area contributed by atoms with Crippen LogP contribution in [0, 0.1) is 56.3 Å². The molecule has 9 N–H and O–H groups in total. The van der Waals surface area contributed by atoms with Crippen molar-refractivity contribution in [1.82, 2.24) is 54.7 Å². The SMILES string of the molecule is Cc1ccc(C(=O)NCc2ccc(OCCN(C)C)cc2)cc1C#Cc1cnc(N)c2ncccc12.Cc1ccc(C(=O)Nc2ccc(CN3CCN(C)CC3)c(C(F)(F)F)c2)cc1C#Cc1cnc(N)c2ccccc12.Cc1ccc(C(=O)Nc2ccc(CN3CCN(C)CC3)c(C(F)(F)F)c2)cc1C#Cc1cnc(N)c2ncccc12. The number of carbonyl (C=O) groups is 3. The Hall–Kier alpha value is -13.3. The number of piperazine rings is 2. The van der Waals surface area contributed by atoms with Gasteiger partial charge in [0, 0.05) is 176 Å². The highest BCUT2D eigenvalue weighted by molar-refractivity contribution is 6.06. The van der Waals surface area contributed by atoms with E-state index < -0.39 is 35.3 Å². The normalized spacial score (nSPS) is 13.3. The molecule has 0 atom stereocenters. The topological polar surface area (TPSA) is 255 Å². The van der Waals surface area contributed by atoms with Crippen LogP contribution in [0.2, 0.25) is 0 Å². The predicted octanol–water partition coefficient (Wildman–Crippen LogP) is 14.3. The third-order valence-corrected chi connectivity index (χ3v) is 20.2. The highest BCUT2D eigenvalue weighted by Gasteiger charge is 2.36. The molecular formula is C92H88F6N16O4. The minimum atomic E-state index is -4.55. The zero-order valence-corrected chi connectivity index (χ0v) is 66.3. The smallest absolute Gasteiger partial charge is 0.416 e. The highest BCUT2D eigenvalue weighted by Crippen LogP contribution is 2.37. The number of nitrogen functional groups attached to an aromatic ring is 3. The van der Waals surface area contributed by atoms with Crippen LogP contribution in [0.3, 0.4) is 0 Å². The Balaban J connectivity index is 0.000000163. The monoisotopic (exact) mass is 1590 g/mol. The van der Waals surface area contributed by atoms with Crippen molar-refractivity contribution in [2.75, 3.05) is 122 Å². The lowest BCUT2D eigenvalue weighted by molar-refractivity contribution is -0.139. The van der Waals surface area contributed by atoms with Crippen molar-refractivity contribution in [1.29, 1.82) is 0 Å². The average molecular weight is 1600 g/mol. The van der Waals surface area contributed by atoms with Gasteiger partial charge in [-0.1, -0.05) is 102 Å². The fourth-order valence-electron chi connectivity index (χ4n) is 13.1. The second kappa shape index (κ2) is 38.0. The summed E-state index contributed by atoms with van der Waals surface area (Å²) < 4.78 is 89.6. The first-order valence-corrected chi connectivity index (χ1v) is 38.1. The maximum atomic E-state index is 14.0. The maximum absolute atomic E-state index is 14.0. The molecule has 7 aromatic carbocycles. The summed E-state index contributed by atoms with van der Waals surface area (Å²) in [6, 6.07) is 46.2. The van der Waals surface area contributed by atoms with Gasteiger partial charge in [-0.3, -0.25) is 34.2 Å². The van der Waals surface area contributed by atoms with Gasteiger partial charge in [0.25, 0.3) is 17.7 Å². The van der Waals surface area contributed by atoms with Crippen LogP contribution in [0.4, 0.5) is 55.2 Å². The number of alkyl halides is 6. The predicted molar refractivity (Wildman–Crippen MR) is 452 cm³/mol. The Labute approximate surface area is 680 Å². The molecule has 26 heteroatoms. The number of hydrogen-bond donors (Lipinski definition) is 6. The number of anilines is 5. The molecule has 602 valence electrons. The molecular weight excluding hydrogens is 1510 g/mol. The average Bonchev–Trinajstić information content (AvgIpc) is 0.784. The second-order valence-corrected chi connectivity index (χ2v) is 29.1. The number of nitrogens with zero attached hydrogens (tertiary/aromatic N) is 10. The maximum Gasteiger partial charge on any atom is 0.416 e. The first-order valence-electron chi connectivity index (χ1n) is 38.1. The summed E-state index contributed by atoms with van der Waals surface area (Å²) in [5.74, 6) is 19.5. The van der Waals surface area contributed by atoms with Crippen LogP contribution in [0.5, 0.6) is 5.75 Å². The summed E-state index contributed by atoms with van der Waals surface area (Å²) >= 11 is 0. The number of benzene rings is 7. The van der Waals surface area contributed by atoms with Crippen LogP contribution in [0.1, 0.15) is 109 Å². The number of aryl methyl sites for hydroxylation is 3. The molecule has 0 aliphatic carbocycles. The molecule has 20 nitrogen and oxygen atoms in total. The number of hydrogen-bond acceptors (Lipinski definition) is 17. The number of pyridine rings is 5. The Morgan fingerprint density at radius 2 is 0.839 bits per heavy atom. The number of fused-ring (bicyclic) bond motifs is 3. The Morgan fingerprint density at radius 3 is 1.26 bits per heavy atom. The van der Waals surface area contributed by atoms with Crippen LogP contribution < -0.4 is 37.9 Å². The highest BCUT2D eigenvalue weighted by atomic mass is 19.4. The zero-order valence-electron chi connectivity index (χ0n) is 66.3. The van der Waals surface area contributed by atoms with Gasteiger partial charge in [0.1, 0.15) is 40.8 Å². The lowest BCUT2D eigenvalue weighted by atomic mass is 10.0. The van der Waals surface area contributed by atoms with Gasteiger partial charge in [-0.25, -0.2) is 15.0 Å². The number of halogens is 6. The molecule has 2 aliphatic rings. The molecule has 2 fully saturated rings. The molecule has 2 aliphatic heterocycles. The van der Waals surface area contributed by atoms with E-state index in [4.69, 9.17) is 21.9 Å². The van der Waals surface area contributed by atoms with Crippen molar-refractivity contribution in [3.05, 3.63) is 289 Å². The van der Waals surface area contributed by atoms with Gasteiger partial charge in [0.15, 0.2) is 0 Å². The van der Waals surface area contributed by atoms with Crippen molar-refractivity contribution in [3.63, 3.8) is 0 Å². The number of amides is 3. The lowest BCUT2D eigenvalue weighted by Gasteiger charge is -2.33. The van der Waals surface area contributed by atoms with Gasteiger partial charge >= 0.3 is 12.4 Å². The number of nitrogens with one attached hydrogen (secondary N) is 3. The van der Waals surface area contributed by atoms with Crippen molar-refractivity contribution < 1.29 is 45.5 Å². The molecule has 14 rings (SSSR count). The van der Waals surface area contributed by atoms with Crippen LogP contribution in [-0.2, 0) is 32.0 Å². The molecule has 0 bridgehead atoms. The van der Waals surface area contributed by atoms with E-state index in [1.54, 1.807) is 73.4 Å². The van der Waals surface area contributed by atoms with Gasteiger partial charge < -0.3 is 52.6 Å². The number of rotatable bonds is 15. The van der Waals surface area contributed by atoms with Crippen LogP contribution in [0.25, 0.3) is 32.6 Å². The van der Waals surface area contributed by atoms with E-state index in [9.17, 15) is 40.7 Å². The zero-order chi connectivity index (χ0) is 83.8. The molecule has 0 saturated carbocycles. The summed E-state index contributed by atoms with van der Waals surface area (Å²) in [6.07, 6.45) is -0.952. The molecule has 0 spiro atoms. The number of aromatic nitrogens is 5. The molecule has 0 radical (unpaired) electrons. The lowest BCUT2D eigenvalue weighted by Crippen LogP contribution is -2.44. The third kappa shape index (κ3) is 22.0. The molecule has 5 aromatic heterocycles. The van der Waals surface area contributed by atoms with Crippen LogP contribution in [0.15, 0.2) is 195 Å². The molecule has 7 heterocycles. The Morgan fingerprint density at radius 1 is 0.449 bits per heavy atom. The van der Waals surface area contributed by atoms with E-state index in [0.717, 1.165) is 106 Å². The van der Waals surface area contributed by atoms with Crippen molar-refractivity contribution in [2.24, 2.45) is 0 Å². The van der Waals surface area contributed by atoms with Gasteiger partial charge in [0.2, 0.25) is 0 Å². The summed E-state index contributed by atoms with van der Waals surface area (Å²) in [6.45, 7) is 14.1. The van der Waals surface area contributed by atoms with E-state index in [2.05, 4.69) is 91.1 Å². The number of ether oxygens (including phenoxy) is 1. The van der Waals surface area contributed by atoms with Crippen LogP contribution >= 0.6 is 0 Å². The standard InChI is InChI=1S/C32H30F3N5O.C31H29F3N6O.C29H29N5O2/c1-21-7-8-23(17-22(21)9-10-24-19-37-30(36)28-6-4-3-5-27(24)28)31(41)38-26-12-11-25(29(18-26)32(33,34)35)20-40-15-13-39(2)14-16-40;1-20-5-6-22(16-21(20)7-8-23-18-37-29(35)28-26(23)4-3-11-36-28)30(41)38-25-10-9-24(27(17-25)31(32,33)34)19-40-14-12-39(2)13-15-40;1-20-6-9-23(29(35)33-18-21-7-12-25(13-8-21)36-16-15-34(2)3)17-22(20)10-11-24-19-32-28(30)27-26(24)5-4-14-31-27/h3-8,11-12,17-19H,13-16,20H2,1-2H3,(H2,36,37)(H,38,41);3-6,9-11,16-18H,12-15,19H2,1-2H3,(H2,35,37)(H,38,41);4-9,12-14,17,19H,15-16,18H2,1-3H3,(H2,30,32)(H,33,35). The molecule has 12 aromatic rings. The van der Waals surface area contributed by atoms with E-state index in [1.807, 2.05) is 144 Å². The molecule has 0 unspecified atom stereocenters. The van der Waals surface area contributed by atoms with Gasteiger partial charge in [0.05, 0.1) is 27.8 Å². The molecule has 3 amide bonds. The minimum absolute atomic E-state index is 0.0737. The quantitative estimate of drug-likeness (QED) is 0.0412. The van der Waals surface area contributed by atoms with Gasteiger partial charge in [-0.2, -0.15) is 26.3 Å². The summed E-state index contributed by atoms with van der Waals surface area (Å²) in [7, 11) is 8.01. The first-order chi connectivity index (χ1) is 56.6. The summed E-state index contributed by atoms with van der Waals surface area (Å²) in [4.78, 5) is 70.5. The Bertz CT molecular complexity index is 5660. The minimum Gasteiger partial charge on any atom is -0.492 e. The fraction of sp³-hybridized carbons (Fsp3) is 0.239. The largest absolute Gasteiger partial charge is 0.492 e. The Kier molecular flexibility index (Phi) is 27.1.